The van der Waals surface area contributed by atoms with Crippen LogP contribution in [-0.4, -0.2) is 23.1 Å². The van der Waals surface area contributed by atoms with E-state index in [0.717, 1.165) is 24.3 Å². The van der Waals surface area contributed by atoms with Gasteiger partial charge in [0, 0.05) is 18.7 Å². The van der Waals surface area contributed by atoms with Gasteiger partial charge in [-0.15, -0.1) is 0 Å². The Morgan fingerprint density at radius 3 is 2.71 bits per heavy atom. The molecule has 1 aromatic rings. The lowest BCUT2D eigenvalue weighted by Gasteiger charge is -2.25. The van der Waals surface area contributed by atoms with Crippen LogP contribution in [0.15, 0.2) is 6.33 Å². The molecule has 1 aromatic heterocycles. The van der Waals surface area contributed by atoms with Crippen molar-refractivity contribution in [2.75, 3.05) is 23.7 Å². The van der Waals surface area contributed by atoms with E-state index < -0.39 is 0 Å². The van der Waals surface area contributed by atoms with Gasteiger partial charge in [0.25, 0.3) is 0 Å². The van der Waals surface area contributed by atoms with Gasteiger partial charge < -0.3 is 10.6 Å². The van der Waals surface area contributed by atoms with E-state index in [-0.39, 0.29) is 5.92 Å². The third-order valence-electron chi connectivity index (χ3n) is 2.71. The van der Waals surface area contributed by atoms with Crippen molar-refractivity contribution in [2.45, 2.75) is 27.2 Å². The number of rotatable bonds is 5. The summed E-state index contributed by atoms with van der Waals surface area (Å²) in [5.74, 6) is 1.35. The Kier molecular flexibility index (Phi) is 4.70. The Balaban J connectivity index is 3.04. The molecule has 1 rings (SSSR count). The molecule has 0 saturated carbocycles. The molecule has 0 radical (unpaired) electrons. The van der Waals surface area contributed by atoms with Gasteiger partial charge in [-0.25, -0.2) is 9.97 Å². The number of hydrogen-bond acceptors (Lipinski definition) is 5. The molecule has 92 valence electrons. The normalized spacial score (nSPS) is 11.9. The van der Waals surface area contributed by atoms with Crippen LogP contribution >= 0.6 is 0 Å². The molecular formula is C12H19N5. The third-order valence-corrected chi connectivity index (χ3v) is 2.71. The summed E-state index contributed by atoms with van der Waals surface area (Å²) >= 11 is 0. The lowest BCUT2D eigenvalue weighted by atomic mass is 10.1. The van der Waals surface area contributed by atoms with Gasteiger partial charge in [-0.3, -0.25) is 0 Å². The van der Waals surface area contributed by atoms with Gasteiger partial charge in [0.05, 0.1) is 12.0 Å². The molecule has 5 nitrogen and oxygen atoms in total. The maximum Gasteiger partial charge on any atom is 0.137 e. The van der Waals surface area contributed by atoms with E-state index in [4.69, 9.17) is 11.0 Å². The van der Waals surface area contributed by atoms with Crippen LogP contribution in [0.1, 0.15) is 26.3 Å². The SMILES string of the molecule is CCc1c(N)ncnc1N(CC)CC(C)C#N. The molecule has 1 heterocycles. The largest absolute Gasteiger partial charge is 0.383 e. The van der Waals surface area contributed by atoms with Gasteiger partial charge in [-0.1, -0.05) is 6.92 Å². The van der Waals surface area contributed by atoms with Crippen molar-refractivity contribution in [2.24, 2.45) is 5.92 Å². The van der Waals surface area contributed by atoms with Gasteiger partial charge in [0.1, 0.15) is 18.0 Å². The van der Waals surface area contributed by atoms with Crippen molar-refractivity contribution < 1.29 is 0 Å². The summed E-state index contributed by atoms with van der Waals surface area (Å²) in [5, 5.41) is 8.87. The van der Waals surface area contributed by atoms with Crippen LogP contribution in [0.3, 0.4) is 0 Å². The first-order chi connectivity index (χ1) is 8.13. The van der Waals surface area contributed by atoms with Crippen molar-refractivity contribution >= 4 is 11.6 Å². The van der Waals surface area contributed by atoms with Gasteiger partial charge in [-0.2, -0.15) is 5.26 Å². The van der Waals surface area contributed by atoms with Crippen molar-refractivity contribution in [1.29, 1.82) is 5.26 Å². The molecular weight excluding hydrogens is 214 g/mol. The fourth-order valence-electron chi connectivity index (χ4n) is 1.76. The molecule has 0 saturated heterocycles. The molecule has 1 unspecified atom stereocenters. The van der Waals surface area contributed by atoms with Crippen LogP contribution in [0.25, 0.3) is 0 Å². The monoisotopic (exact) mass is 233 g/mol. The number of nitriles is 1. The highest BCUT2D eigenvalue weighted by Gasteiger charge is 2.15. The third kappa shape index (κ3) is 3.06. The number of hydrogen-bond donors (Lipinski definition) is 1. The first kappa shape index (κ1) is 13.2. The van der Waals surface area contributed by atoms with Crippen LogP contribution in [0.2, 0.25) is 0 Å². The van der Waals surface area contributed by atoms with Crippen molar-refractivity contribution in [3.05, 3.63) is 11.9 Å². The van der Waals surface area contributed by atoms with Gasteiger partial charge in [0.2, 0.25) is 0 Å². The second kappa shape index (κ2) is 6.04. The highest BCUT2D eigenvalue weighted by Crippen LogP contribution is 2.22. The molecule has 0 spiro atoms. The molecule has 0 aliphatic heterocycles. The summed E-state index contributed by atoms with van der Waals surface area (Å²) in [7, 11) is 0. The molecule has 0 aliphatic carbocycles. The zero-order valence-electron chi connectivity index (χ0n) is 10.6. The molecule has 0 amide bonds. The zero-order valence-corrected chi connectivity index (χ0v) is 10.6. The molecule has 17 heavy (non-hydrogen) atoms. The topological polar surface area (TPSA) is 78.8 Å². The number of anilines is 2. The molecule has 0 aliphatic rings. The number of aromatic nitrogens is 2. The minimum Gasteiger partial charge on any atom is -0.383 e. The highest BCUT2D eigenvalue weighted by atomic mass is 15.2. The maximum absolute atomic E-state index is 8.87. The van der Waals surface area contributed by atoms with Gasteiger partial charge in [-0.05, 0) is 20.3 Å². The van der Waals surface area contributed by atoms with Crippen LogP contribution in [0.4, 0.5) is 11.6 Å². The van der Waals surface area contributed by atoms with Crippen LogP contribution < -0.4 is 10.6 Å². The fraction of sp³-hybridized carbons (Fsp3) is 0.583. The lowest BCUT2D eigenvalue weighted by Crippen LogP contribution is -2.30. The van der Waals surface area contributed by atoms with Crippen molar-refractivity contribution in [1.82, 2.24) is 9.97 Å². The van der Waals surface area contributed by atoms with E-state index in [1.807, 2.05) is 20.8 Å². The van der Waals surface area contributed by atoms with E-state index in [2.05, 4.69) is 20.9 Å². The van der Waals surface area contributed by atoms with E-state index in [9.17, 15) is 0 Å². The summed E-state index contributed by atoms with van der Waals surface area (Å²) < 4.78 is 0. The number of nitrogens with zero attached hydrogens (tertiary/aromatic N) is 4. The van der Waals surface area contributed by atoms with Gasteiger partial charge >= 0.3 is 0 Å². The van der Waals surface area contributed by atoms with E-state index >= 15 is 0 Å². The van der Waals surface area contributed by atoms with E-state index in [0.29, 0.717) is 12.4 Å². The first-order valence-electron chi connectivity index (χ1n) is 5.87. The molecule has 0 fully saturated rings. The van der Waals surface area contributed by atoms with Crippen LogP contribution in [0, 0.1) is 17.2 Å². The smallest absolute Gasteiger partial charge is 0.137 e. The Morgan fingerprint density at radius 2 is 2.18 bits per heavy atom. The van der Waals surface area contributed by atoms with E-state index in [1.165, 1.54) is 6.33 Å². The van der Waals surface area contributed by atoms with Crippen LogP contribution in [-0.2, 0) is 6.42 Å². The molecule has 0 bridgehead atoms. The summed E-state index contributed by atoms with van der Waals surface area (Å²) in [6, 6.07) is 2.24. The Labute approximate surface area is 102 Å². The predicted octanol–water partition coefficient (Wildman–Crippen LogP) is 1.61. The predicted molar refractivity (Wildman–Crippen MR) is 68.5 cm³/mol. The molecule has 1 atom stereocenters. The minimum atomic E-state index is -0.0316. The van der Waals surface area contributed by atoms with Crippen molar-refractivity contribution in [3.8, 4) is 6.07 Å². The Bertz CT molecular complexity index is 410. The quantitative estimate of drug-likeness (QED) is 0.835. The summed E-state index contributed by atoms with van der Waals surface area (Å²) in [6.07, 6.45) is 2.27. The standard InChI is InChI=1S/C12H19N5/c1-4-10-11(14)15-8-16-12(10)17(5-2)7-9(3)6-13/h8-9H,4-5,7H2,1-3H3,(H2,14,15,16). The molecule has 2 N–H and O–H groups in total. The molecule has 5 heteroatoms. The number of nitrogen functional groups attached to an aromatic ring is 1. The van der Waals surface area contributed by atoms with Crippen LogP contribution in [0.5, 0.6) is 0 Å². The minimum absolute atomic E-state index is 0.0316. The fourth-order valence-corrected chi connectivity index (χ4v) is 1.76. The average molecular weight is 233 g/mol. The molecule has 0 aromatic carbocycles. The van der Waals surface area contributed by atoms with E-state index in [1.54, 1.807) is 0 Å². The first-order valence-corrected chi connectivity index (χ1v) is 5.87. The number of nitrogens with two attached hydrogens (primary N) is 1. The summed E-state index contributed by atoms with van der Waals surface area (Å²) in [6.45, 7) is 7.44. The Hall–Kier alpha value is -1.83. The summed E-state index contributed by atoms with van der Waals surface area (Å²) in [4.78, 5) is 10.4. The van der Waals surface area contributed by atoms with Gasteiger partial charge in [0.15, 0.2) is 0 Å². The second-order valence-corrected chi connectivity index (χ2v) is 3.98. The lowest BCUT2D eigenvalue weighted by molar-refractivity contribution is 0.675. The van der Waals surface area contributed by atoms with Crippen molar-refractivity contribution in [3.63, 3.8) is 0 Å². The second-order valence-electron chi connectivity index (χ2n) is 3.98. The Morgan fingerprint density at radius 1 is 1.47 bits per heavy atom. The average Bonchev–Trinajstić information content (AvgIpc) is 2.35. The summed E-state index contributed by atoms with van der Waals surface area (Å²) in [5.41, 5.74) is 6.80. The zero-order chi connectivity index (χ0) is 12.8. The highest BCUT2D eigenvalue weighted by molar-refractivity contribution is 5.56. The maximum atomic E-state index is 8.87.